The van der Waals surface area contributed by atoms with Crippen LogP contribution in [0.1, 0.15) is 47.1 Å². The lowest BCUT2D eigenvalue weighted by molar-refractivity contribution is -0.141. The maximum Gasteiger partial charge on any atom is 0.306 e. The Labute approximate surface area is 175 Å². The van der Waals surface area contributed by atoms with E-state index in [9.17, 15) is 13.6 Å². The highest BCUT2D eigenvalue weighted by molar-refractivity contribution is 9.10. The van der Waals surface area contributed by atoms with Crippen LogP contribution in [0.3, 0.4) is 0 Å². The van der Waals surface area contributed by atoms with Crippen LogP contribution in [0.5, 0.6) is 11.5 Å². The molecule has 1 aliphatic carbocycles. The van der Waals surface area contributed by atoms with Crippen molar-refractivity contribution in [3.63, 3.8) is 0 Å². The van der Waals surface area contributed by atoms with Crippen molar-refractivity contribution in [3.05, 3.63) is 63.4 Å². The largest absolute Gasteiger partial charge is 0.492 e. The molecule has 2 atom stereocenters. The van der Waals surface area contributed by atoms with E-state index in [1.807, 2.05) is 6.07 Å². The van der Waals surface area contributed by atoms with Crippen LogP contribution in [0.25, 0.3) is 5.83 Å². The number of esters is 1. The SMILES string of the molecule is C=C(F)c1cc(Br)c2c(c1F)[C@H](Oc1ccc3c(c1)OC[C@H]3CC(=O)OC)CC2. The van der Waals surface area contributed by atoms with E-state index in [1.165, 1.54) is 13.2 Å². The van der Waals surface area contributed by atoms with Gasteiger partial charge in [0.25, 0.3) is 0 Å². The van der Waals surface area contributed by atoms with Crippen LogP contribution in [-0.4, -0.2) is 19.7 Å². The summed E-state index contributed by atoms with van der Waals surface area (Å²) in [5.41, 5.74) is 1.90. The monoisotopic (exact) mass is 464 g/mol. The molecule has 1 heterocycles. The molecule has 4 nitrogen and oxygen atoms in total. The van der Waals surface area contributed by atoms with Crippen molar-refractivity contribution in [3.8, 4) is 11.5 Å². The summed E-state index contributed by atoms with van der Waals surface area (Å²) in [5.74, 6) is -0.638. The highest BCUT2D eigenvalue weighted by atomic mass is 79.9. The number of halogens is 3. The van der Waals surface area contributed by atoms with E-state index in [0.29, 0.717) is 41.0 Å². The molecule has 0 aromatic heterocycles. The summed E-state index contributed by atoms with van der Waals surface area (Å²) in [5, 5.41) is 0. The van der Waals surface area contributed by atoms with Crippen molar-refractivity contribution in [2.75, 3.05) is 13.7 Å². The zero-order chi connectivity index (χ0) is 20.7. The summed E-state index contributed by atoms with van der Waals surface area (Å²) >= 11 is 3.40. The van der Waals surface area contributed by atoms with Crippen molar-refractivity contribution >= 4 is 27.7 Å². The van der Waals surface area contributed by atoms with Gasteiger partial charge in [0.05, 0.1) is 20.1 Å². The topological polar surface area (TPSA) is 44.8 Å². The molecule has 0 N–H and O–H groups in total. The fourth-order valence-electron chi connectivity index (χ4n) is 3.96. The number of carbonyl (C=O) groups is 1. The summed E-state index contributed by atoms with van der Waals surface area (Å²) in [6, 6.07) is 6.80. The molecule has 2 aromatic carbocycles. The first kappa shape index (κ1) is 19.9. The average Bonchev–Trinajstić information content (AvgIpc) is 3.29. The Morgan fingerprint density at radius 2 is 2.17 bits per heavy atom. The van der Waals surface area contributed by atoms with Crippen molar-refractivity contribution < 1.29 is 27.8 Å². The standard InChI is InChI=1S/C22H19BrF2O4/c1-11(24)16-9-17(23)15-5-6-18(21(15)22(16)25)29-13-3-4-14-12(7-20(26)27-2)10-28-19(14)8-13/h3-4,8-9,12,18H,1,5-7,10H2,2H3/t12-,18-/m1/s1. The normalized spacial score (nSPS) is 19.3. The summed E-state index contributed by atoms with van der Waals surface area (Å²) < 4.78 is 45.7. The van der Waals surface area contributed by atoms with Gasteiger partial charge in [-0.15, -0.1) is 0 Å². The fraction of sp³-hybridized carbons (Fsp3) is 0.318. The molecule has 1 aliphatic heterocycles. The Balaban J connectivity index is 1.59. The number of ether oxygens (including phenoxy) is 3. The number of rotatable bonds is 5. The Kier molecular flexibility index (Phi) is 5.34. The van der Waals surface area contributed by atoms with Gasteiger partial charge >= 0.3 is 5.97 Å². The zero-order valence-corrected chi connectivity index (χ0v) is 17.4. The Morgan fingerprint density at radius 3 is 2.90 bits per heavy atom. The first-order valence-corrected chi connectivity index (χ1v) is 10.0. The van der Waals surface area contributed by atoms with Crippen molar-refractivity contribution in [2.45, 2.75) is 31.3 Å². The third-order valence-electron chi connectivity index (χ3n) is 5.41. The Hall–Kier alpha value is -2.41. The number of hydrogen-bond donors (Lipinski definition) is 0. The smallest absolute Gasteiger partial charge is 0.306 e. The first-order valence-electron chi connectivity index (χ1n) is 9.24. The van der Waals surface area contributed by atoms with Gasteiger partial charge < -0.3 is 14.2 Å². The number of hydrogen-bond acceptors (Lipinski definition) is 4. The van der Waals surface area contributed by atoms with E-state index in [4.69, 9.17) is 14.2 Å². The van der Waals surface area contributed by atoms with Crippen molar-refractivity contribution in [1.82, 2.24) is 0 Å². The van der Waals surface area contributed by atoms with Gasteiger partial charge in [0.2, 0.25) is 0 Å². The summed E-state index contributed by atoms with van der Waals surface area (Å²) in [4.78, 5) is 11.6. The molecule has 0 saturated heterocycles. The summed E-state index contributed by atoms with van der Waals surface area (Å²) in [7, 11) is 1.36. The number of fused-ring (bicyclic) bond motifs is 2. The van der Waals surface area contributed by atoms with E-state index in [2.05, 4.69) is 22.5 Å². The van der Waals surface area contributed by atoms with Gasteiger partial charge in [-0.1, -0.05) is 28.6 Å². The molecule has 0 saturated carbocycles. The van der Waals surface area contributed by atoms with Crippen LogP contribution in [0.4, 0.5) is 8.78 Å². The van der Waals surface area contributed by atoms with Gasteiger partial charge in [0, 0.05) is 33.1 Å². The zero-order valence-electron chi connectivity index (χ0n) is 15.8. The second kappa shape index (κ2) is 7.78. The van der Waals surface area contributed by atoms with E-state index >= 15 is 0 Å². The molecular weight excluding hydrogens is 446 g/mol. The molecule has 0 unspecified atom stereocenters. The second-order valence-corrected chi connectivity index (χ2v) is 8.00. The second-order valence-electron chi connectivity index (χ2n) is 7.15. The minimum Gasteiger partial charge on any atom is -0.492 e. The maximum atomic E-state index is 14.9. The van der Waals surface area contributed by atoms with Crippen LogP contribution in [0.15, 0.2) is 35.3 Å². The molecule has 29 heavy (non-hydrogen) atoms. The molecule has 4 rings (SSSR count). The third-order valence-corrected chi connectivity index (χ3v) is 6.12. The molecule has 152 valence electrons. The van der Waals surface area contributed by atoms with Gasteiger partial charge in [-0.25, -0.2) is 8.78 Å². The lowest BCUT2D eigenvalue weighted by Gasteiger charge is -2.18. The van der Waals surface area contributed by atoms with Crippen LogP contribution in [-0.2, 0) is 16.0 Å². The van der Waals surface area contributed by atoms with E-state index in [1.54, 1.807) is 12.1 Å². The lowest BCUT2D eigenvalue weighted by atomic mass is 9.98. The van der Waals surface area contributed by atoms with Gasteiger partial charge in [0.1, 0.15) is 29.2 Å². The van der Waals surface area contributed by atoms with Crippen LogP contribution < -0.4 is 9.47 Å². The first-order chi connectivity index (χ1) is 13.9. The molecular formula is C22H19BrF2O4. The predicted molar refractivity (Wildman–Crippen MR) is 107 cm³/mol. The molecule has 7 heteroatoms. The predicted octanol–water partition coefficient (Wildman–Crippen LogP) is 5.63. The Bertz CT molecular complexity index is 1000. The molecule has 0 radical (unpaired) electrons. The number of benzene rings is 2. The van der Waals surface area contributed by atoms with Crippen molar-refractivity contribution in [1.29, 1.82) is 0 Å². The Morgan fingerprint density at radius 1 is 1.38 bits per heavy atom. The van der Waals surface area contributed by atoms with Gasteiger partial charge in [-0.3, -0.25) is 4.79 Å². The minimum absolute atomic E-state index is 0.0646. The highest BCUT2D eigenvalue weighted by Gasteiger charge is 2.33. The molecule has 0 fully saturated rings. The average molecular weight is 465 g/mol. The van der Waals surface area contributed by atoms with E-state index in [-0.39, 0.29) is 23.9 Å². The molecule has 0 spiro atoms. The molecule has 2 aliphatic rings. The van der Waals surface area contributed by atoms with Crippen molar-refractivity contribution in [2.24, 2.45) is 0 Å². The van der Waals surface area contributed by atoms with E-state index in [0.717, 1.165) is 11.1 Å². The van der Waals surface area contributed by atoms with Crippen LogP contribution >= 0.6 is 15.9 Å². The lowest BCUT2D eigenvalue weighted by Crippen LogP contribution is -2.09. The van der Waals surface area contributed by atoms with Gasteiger partial charge in [-0.05, 0) is 30.5 Å². The van der Waals surface area contributed by atoms with Crippen LogP contribution in [0.2, 0.25) is 0 Å². The summed E-state index contributed by atoms with van der Waals surface area (Å²) in [6.45, 7) is 3.61. The number of carbonyl (C=O) groups excluding carboxylic acids is 1. The maximum absolute atomic E-state index is 14.9. The molecule has 2 aromatic rings. The highest BCUT2D eigenvalue weighted by Crippen LogP contribution is 2.44. The number of methoxy groups -OCH3 is 1. The van der Waals surface area contributed by atoms with Crippen LogP contribution in [0, 0.1) is 5.82 Å². The summed E-state index contributed by atoms with van der Waals surface area (Å²) in [6.07, 6.45) is 0.912. The molecule has 0 amide bonds. The van der Waals surface area contributed by atoms with Gasteiger partial charge in [-0.2, -0.15) is 0 Å². The fourth-order valence-corrected chi connectivity index (χ4v) is 4.60. The van der Waals surface area contributed by atoms with Gasteiger partial charge in [0.15, 0.2) is 0 Å². The minimum atomic E-state index is -0.820. The molecule has 0 bridgehead atoms. The third kappa shape index (κ3) is 3.64. The van der Waals surface area contributed by atoms with E-state index < -0.39 is 17.7 Å². The quantitative estimate of drug-likeness (QED) is 0.537.